The van der Waals surface area contributed by atoms with Gasteiger partial charge in [0, 0.05) is 9.75 Å². The van der Waals surface area contributed by atoms with E-state index in [4.69, 9.17) is 5.73 Å². The van der Waals surface area contributed by atoms with E-state index in [1.54, 1.807) is 23.5 Å². The van der Waals surface area contributed by atoms with Gasteiger partial charge in [-0.25, -0.2) is 8.42 Å². The van der Waals surface area contributed by atoms with Crippen LogP contribution in [-0.2, 0) is 22.0 Å². The summed E-state index contributed by atoms with van der Waals surface area (Å²) in [5.74, 6) is 0.0192. The zero-order chi connectivity index (χ0) is 14.0. The Morgan fingerprint density at radius 1 is 1.16 bits per heavy atom. The number of benzene rings is 1. The van der Waals surface area contributed by atoms with Gasteiger partial charge >= 0.3 is 0 Å². The Balaban J connectivity index is 2.34. The maximum Gasteiger partial charge on any atom is 0.185 e. The Morgan fingerprint density at radius 2 is 1.84 bits per heavy atom. The van der Waals surface area contributed by atoms with Crippen LogP contribution in [0.25, 0.3) is 0 Å². The highest BCUT2D eigenvalue weighted by molar-refractivity contribution is 7.91. The number of nitrogen functional groups attached to an aromatic ring is 1. The molecule has 0 aliphatic carbocycles. The number of hydrogen-bond acceptors (Lipinski definition) is 4. The predicted molar refractivity (Wildman–Crippen MR) is 80.2 cm³/mol. The minimum atomic E-state index is -3.38. The van der Waals surface area contributed by atoms with Crippen LogP contribution in [0.15, 0.2) is 35.2 Å². The molecule has 0 saturated carbocycles. The first-order chi connectivity index (χ1) is 8.92. The van der Waals surface area contributed by atoms with E-state index in [2.05, 4.69) is 6.92 Å². The summed E-state index contributed by atoms with van der Waals surface area (Å²) < 4.78 is 24.8. The molecule has 0 amide bonds. The molecule has 1 heterocycles. The van der Waals surface area contributed by atoms with Crippen molar-refractivity contribution in [3.8, 4) is 0 Å². The van der Waals surface area contributed by atoms with Crippen LogP contribution in [0.2, 0.25) is 0 Å². The second kappa shape index (κ2) is 5.35. The van der Waals surface area contributed by atoms with Gasteiger partial charge in [0.1, 0.15) is 0 Å². The number of aryl methyl sites for hydroxylation is 2. The van der Waals surface area contributed by atoms with Crippen molar-refractivity contribution in [3.05, 3.63) is 45.6 Å². The highest BCUT2D eigenvalue weighted by atomic mass is 32.2. The normalized spacial score (nSPS) is 11.7. The van der Waals surface area contributed by atoms with Crippen LogP contribution in [0.1, 0.15) is 22.2 Å². The molecule has 0 aliphatic heterocycles. The van der Waals surface area contributed by atoms with Gasteiger partial charge in [-0.3, -0.25) is 0 Å². The number of sulfone groups is 1. The summed E-state index contributed by atoms with van der Waals surface area (Å²) in [7, 11) is -3.38. The Labute approximate surface area is 118 Å². The summed E-state index contributed by atoms with van der Waals surface area (Å²) in [6.45, 7) is 3.92. The van der Waals surface area contributed by atoms with Gasteiger partial charge in [0.05, 0.1) is 16.3 Å². The lowest BCUT2D eigenvalue weighted by Crippen LogP contribution is -2.07. The number of anilines is 1. The quantitative estimate of drug-likeness (QED) is 0.881. The molecular weight excluding hydrogens is 278 g/mol. The van der Waals surface area contributed by atoms with Gasteiger partial charge in [-0.05, 0) is 43.2 Å². The van der Waals surface area contributed by atoms with Crippen LogP contribution in [-0.4, -0.2) is 8.42 Å². The second-order valence-corrected chi connectivity index (χ2v) is 7.73. The fraction of sp³-hybridized carbons (Fsp3) is 0.286. The predicted octanol–water partition coefficient (Wildman–Crippen LogP) is 3.18. The maximum absolute atomic E-state index is 12.4. The molecule has 0 aliphatic rings. The Bertz CT molecular complexity index is 687. The zero-order valence-electron chi connectivity index (χ0n) is 11.0. The Morgan fingerprint density at radius 3 is 2.47 bits per heavy atom. The fourth-order valence-corrected chi connectivity index (χ4v) is 4.74. The van der Waals surface area contributed by atoms with E-state index < -0.39 is 9.84 Å². The van der Waals surface area contributed by atoms with Crippen LogP contribution in [0.4, 0.5) is 5.69 Å². The third kappa shape index (κ3) is 3.16. The van der Waals surface area contributed by atoms with Crippen LogP contribution in [0.5, 0.6) is 0 Å². The van der Waals surface area contributed by atoms with E-state index in [0.717, 1.165) is 16.9 Å². The van der Waals surface area contributed by atoms with E-state index in [-0.39, 0.29) is 10.6 Å². The van der Waals surface area contributed by atoms with Gasteiger partial charge in [-0.2, -0.15) is 0 Å². The first kappa shape index (κ1) is 14.1. The van der Waals surface area contributed by atoms with Gasteiger partial charge in [0.25, 0.3) is 0 Å². The number of thiophene rings is 1. The average Bonchev–Trinajstić information content (AvgIpc) is 2.79. The highest BCUT2D eigenvalue weighted by Crippen LogP contribution is 2.26. The molecule has 2 aromatic rings. The molecule has 0 unspecified atom stereocenters. The lowest BCUT2D eigenvalue weighted by Gasteiger charge is -2.07. The molecular formula is C14H17NO2S2. The molecule has 3 nitrogen and oxygen atoms in total. The number of rotatable bonds is 4. The monoisotopic (exact) mass is 295 g/mol. The standard InChI is InChI=1S/C14H17NO2S2/c1-3-11-5-6-12(18-11)9-19(16,17)14-8-10(2)4-7-13(14)15/h4-8H,3,9,15H2,1-2H3. The molecule has 0 spiro atoms. The third-order valence-corrected chi connectivity index (χ3v) is 6.03. The van der Waals surface area contributed by atoms with Gasteiger partial charge < -0.3 is 5.73 Å². The third-order valence-electron chi connectivity index (χ3n) is 2.90. The highest BCUT2D eigenvalue weighted by Gasteiger charge is 2.19. The minimum absolute atomic E-state index is 0.0192. The maximum atomic E-state index is 12.4. The minimum Gasteiger partial charge on any atom is -0.398 e. The summed E-state index contributed by atoms with van der Waals surface area (Å²) in [6, 6.07) is 8.96. The number of nitrogens with two attached hydrogens (primary N) is 1. The van der Waals surface area contributed by atoms with Crippen molar-refractivity contribution in [3.63, 3.8) is 0 Å². The van der Waals surface area contributed by atoms with E-state index in [1.807, 2.05) is 25.1 Å². The Hall–Kier alpha value is -1.33. The lowest BCUT2D eigenvalue weighted by molar-refractivity contribution is 0.596. The van der Waals surface area contributed by atoms with Crippen molar-refractivity contribution < 1.29 is 8.42 Å². The molecule has 2 rings (SSSR count). The Kier molecular flexibility index (Phi) is 3.96. The van der Waals surface area contributed by atoms with E-state index in [1.165, 1.54) is 4.88 Å². The van der Waals surface area contributed by atoms with Crippen LogP contribution in [0, 0.1) is 6.92 Å². The van der Waals surface area contributed by atoms with E-state index in [0.29, 0.717) is 5.69 Å². The van der Waals surface area contributed by atoms with Crippen LogP contribution < -0.4 is 5.73 Å². The molecule has 2 N–H and O–H groups in total. The molecule has 0 fully saturated rings. The SMILES string of the molecule is CCc1ccc(CS(=O)(=O)c2cc(C)ccc2N)s1. The molecule has 5 heteroatoms. The van der Waals surface area contributed by atoms with E-state index >= 15 is 0 Å². The first-order valence-corrected chi connectivity index (χ1v) is 8.55. The summed E-state index contributed by atoms with van der Waals surface area (Å²) in [5.41, 5.74) is 7.00. The summed E-state index contributed by atoms with van der Waals surface area (Å²) >= 11 is 1.54. The van der Waals surface area contributed by atoms with Gasteiger partial charge in [-0.1, -0.05) is 13.0 Å². The van der Waals surface area contributed by atoms with Gasteiger partial charge in [0.2, 0.25) is 0 Å². The zero-order valence-corrected chi connectivity index (χ0v) is 12.6. The van der Waals surface area contributed by atoms with Crippen LogP contribution >= 0.6 is 11.3 Å². The molecule has 1 aromatic heterocycles. The first-order valence-electron chi connectivity index (χ1n) is 6.09. The molecule has 0 bridgehead atoms. The summed E-state index contributed by atoms with van der Waals surface area (Å²) in [4.78, 5) is 2.29. The number of hydrogen-bond donors (Lipinski definition) is 1. The largest absolute Gasteiger partial charge is 0.398 e. The van der Waals surface area contributed by atoms with E-state index in [9.17, 15) is 8.42 Å². The fourth-order valence-electron chi connectivity index (χ4n) is 1.87. The molecule has 19 heavy (non-hydrogen) atoms. The van der Waals surface area contributed by atoms with Crippen molar-refractivity contribution in [1.29, 1.82) is 0 Å². The smallest absolute Gasteiger partial charge is 0.185 e. The van der Waals surface area contributed by atoms with Gasteiger partial charge in [-0.15, -0.1) is 11.3 Å². The molecule has 0 saturated heterocycles. The molecule has 0 atom stereocenters. The molecule has 0 radical (unpaired) electrons. The molecule has 1 aromatic carbocycles. The second-order valence-electron chi connectivity index (χ2n) is 4.52. The van der Waals surface area contributed by atoms with Crippen molar-refractivity contribution in [2.75, 3.05) is 5.73 Å². The average molecular weight is 295 g/mol. The van der Waals surface area contributed by atoms with Crippen molar-refractivity contribution >= 4 is 26.9 Å². The van der Waals surface area contributed by atoms with Crippen molar-refractivity contribution in [2.24, 2.45) is 0 Å². The van der Waals surface area contributed by atoms with Crippen LogP contribution in [0.3, 0.4) is 0 Å². The van der Waals surface area contributed by atoms with Gasteiger partial charge in [0.15, 0.2) is 9.84 Å². The topological polar surface area (TPSA) is 60.2 Å². The van der Waals surface area contributed by atoms with Crippen molar-refractivity contribution in [1.82, 2.24) is 0 Å². The lowest BCUT2D eigenvalue weighted by atomic mass is 10.2. The molecule has 102 valence electrons. The summed E-state index contributed by atoms with van der Waals surface area (Å²) in [5, 5.41) is 0. The van der Waals surface area contributed by atoms with Crippen molar-refractivity contribution in [2.45, 2.75) is 30.9 Å². The summed E-state index contributed by atoms with van der Waals surface area (Å²) in [6.07, 6.45) is 0.928.